The van der Waals surface area contributed by atoms with Gasteiger partial charge in [0.15, 0.2) is 6.61 Å². The lowest BCUT2D eigenvalue weighted by molar-refractivity contribution is -0.123. The van der Waals surface area contributed by atoms with E-state index in [1.165, 1.54) is 22.3 Å². The van der Waals surface area contributed by atoms with Crippen molar-refractivity contribution in [2.45, 2.75) is 47.1 Å². The maximum Gasteiger partial charge on any atom is 0.258 e. The molecule has 1 atom stereocenters. The molecule has 2 rings (SSSR count). The smallest absolute Gasteiger partial charge is 0.258 e. The van der Waals surface area contributed by atoms with Gasteiger partial charge >= 0.3 is 0 Å². The average Bonchev–Trinajstić information content (AvgIpc) is 2.56. The maximum absolute atomic E-state index is 12.2. The van der Waals surface area contributed by atoms with Crippen molar-refractivity contribution in [1.82, 2.24) is 5.32 Å². The molecule has 0 saturated carbocycles. The zero-order valence-electron chi connectivity index (χ0n) is 15.3. The van der Waals surface area contributed by atoms with Crippen LogP contribution in [0, 0.1) is 20.8 Å². The van der Waals surface area contributed by atoms with Crippen molar-refractivity contribution < 1.29 is 9.53 Å². The van der Waals surface area contributed by atoms with Crippen LogP contribution >= 0.6 is 0 Å². The van der Waals surface area contributed by atoms with Crippen molar-refractivity contribution in [1.29, 1.82) is 0 Å². The van der Waals surface area contributed by atoms with Gasteiger partial charge in [0.2, 0.25) is 0 Å². The first kappa shape index (κ1) is 18.1. The van der Waals surface area contributed by atoms with Crippen LogP contribution in [0.1, 0.15) is 47.7 Å². The van der Waals surface area contributed by atoms with E-state index in [1.807, 2.05) is 31.2 Å². The Kier molecular flexibility index (Phi) is 6.02. The lowest BCUT2D eigenvalue weighted by Crippen LogP contribution is -2.31. The Balaban J connectivity index is 1.92. The zero-order chi connectivity index (χ0) is 17.7. The van der Waals surface area contributed by atoms with Gasteiger partial charge in [-0.3, -0.25) is 4.79 Å². The molecule has 0 aromatic heterocycles. The molecule has 128 valence electrons. The summed E-state index contributed by atoms with van der Waals surface area (Å²) >= 11 is 0. The van der Waals surface area contributed by atoms with E-state index in [9.17, 15) is 4.79 Å². The third kappa shape index (κ3) is 4.60. The number of hydrogen-bond donors (Lipinski definition) is 1. The predicted octanol–water partition coefficient (Wildman–Crippen LogP) is 4.43. The fourth-order valence-electron chi connectivity index (χ4n) is 2.78. The highest BCUT2D eigenvalue weighted by molar-refractivity contribution is 5.78. The molecule has 0 bridgehead atoms. The first-order valence-corrected chi connectivity index (χ1v) is 8.49. The number of ether oxygens (including phenoxy) is 1. The van der Waals surface area contributed by atoms with Gasteiger partial charge in [0.1, 0.15) is 5.75 Å². The first-order chi connectivity index (χ1) is 11.4. The Morgan fingerprint density at radius 1 is 1.04 bits per heavy atom. The molecule has 0 aliphatic heterocycles. The van der Waals surface area contributed by atoms with Gasteiger partial charge in [-0.1, -0.05) is 31.2 Å². The SMILES string of the molecule is CCc1ccc(OCC(=O)N[C@H](C)c2cc(C)c(C)cc2C)cc1. The summed E-state index contributed by atoms with van der Waals surface area (Å²) < 4.78 is 5.57. The molecule has 1 amide bonds. The monoisotopic (exact) mass is 325 g/mol. The molecule has 1 N–H and O–H groups in total. The summed E-state index contributed by atoms with van der Waals surface area (Å²) in [5, 5.41) is 3.01. The van der Waals surface area contributed by atoms with Gasteiger partial charge in [0.05, 0.1) is 6.04 Å². The Labute approximate surface area is 145 Å². The number of hydrogen-bond acceptors (Lipinski definition) is 2. The summed E-state index contributed by atoms with van der Waals surface area (Å²) in [6, 6.07) is 12.1. The Bertz CT molecular complexity index is 705. The molecule has 2 aromatic rings. The van der Waals surface area contributed by atoms with Crippen LogP contribution in [0.2, 0.25) is 0 Å². The Morgan fingerprint density at radius 2 is 1.67 bits per heavy atom. The van der Waals surface area contributed by atoms with Gasteiger partial charge in [0.25, 0.3) is 5.91 Å². The summed E-state index contributed by atoms with van der Waals surface area (Å²) in [5.74, 6) is 0.608. The minimum Gasteiger partial charge on any atom is -0.484 e. The van der Waals surface area contributed by atoms with E-state index in [0.717, 1.165) is 17.7 Å². The van der Waals surface area contributed by atoms with Gasteiger partial charge in [-0.05, 0) is 74.1 Å². The minimum atomic E-state index is -0.111. The van der Waals surface area contributed by atoms with Crippen LogP contribution in [0.25, 0.3) is 0 Å². The number of nitrogens with one attached hydrogen (secondary N) is 1. The van der Waals surface area contributed by atoms with E-state index in [4.69, 9.17) is 4.74 Å². The maximum atomic E-state index is 12.2. The highest BCUT2D eigenvalue weighted by Gasteiger charge is 2.13. The fraction of sp³-hybridized carbons (Fsp3) is 0.381. The van der Waals surface area contributed by atoms with Crippen molar-refractivity contribution in [2.75, 3.05) is 6.61 Å². The molecule has 0 heterocycles. The number of aryl methyl sites for hydroxylation is 4. The number of benzene rings is 2. The van der Waals surface area contributed by atoms with E-state index < -0.39 is 0 Å². The fourth-order valence-corrected chi connectivity index (χ4v) is 2.78. The second-order valence-electron chi connectivity index (χ2n) is 6.37. The highest BCUT2D eigenvalue weighted by atomic mass is 16.5. The van der Waals surface area contributed by atoms with Gasteiger partial charge in [-0.2, -0.15) is 0 Å². The Hall–Kier alpha value is -2.29. The van der Waals surface area contributed by atoms with Gasteiger partial charge < -0.3 is 10.1 Å². The van der Waals surface area contributed by atoms with Crippen LogP contribution in [-0.2, 0) is 11.2 Å². The van der Waals surface area contributed by atoms with Gasteiger partial charge in [-0.15, -0.1) is 0 Å². The van der Waals surface area contributed by atoms with Crippen LogP contribution in [0.15, 0.2) is 36.4 Å². The molecule has 0 aliphatic carbocycles. The second-order valence-corrected chi connectivity index (χ2v) is 6.37. The minimum absolute atomic E-state index is 0.0275. The van der Waals surface area contributed by atoms with Crippen molar-refractivity contribution in [2.24, 2.45) is 0 Å². The van der Waals surface area contributed by atoms with Crippen LogP contribution in [0.5, 0.6) is 5.75 Å². The molecule has 0 fully saturated rings. The van der Waals surface area contributed by atoms with E-state index in [-0.39, 0.29) is 18.6 Å². The van der Waals surface area contributed by atoms with Crippen LogP contribution in [-0.4, -0.2) is 12.5 Å². The van der Waals surface area contributed by atoms with E-state index in [2.05, 4.69) is 45.1 Å². The molecule has 3 heteroatoms. The molecular formula is C21H27NO2. The number of carbonyl (C=O) groups excluding carboxylic acids is 1. The number of rotatable bonds is 6. The zero-order valence-corrected chi connectivity index (χ0v) is 15.3. The normalized spacial score (nSPS) is 11.9. The third-order valence-corrected chi connectivity index (χ3v) is 4.43. The van der Waals surface area contributed by atoms with E-state index >= 15 is 0 Å². The van der Waals surface area contributed by atoms with Crippen molar-refractivity contribution in [3.8, 4) is 5.75 Å². The lowest BCUT2D eigenvalue weighted by atomic mass is 9.96. The molecular weight excluding hydrogens is 298 g/mol. The standard InChI is InChI=1S/C21H27NO2/c1-6-18-7-9-19(10-8-18)24-13-21(23)22-17(5)20-12-15(3)14(2)11-16(20)4/h7-12,17H,6,13H2,1-5H3,(H,22,23)/t17-/m1/s1. The summed E-state index contributed by atoms with van der Waals surface area (Å²) in [6.45, 7) is 10.4. The first-order valence-electron chi connectivity index (χ1n) is 8.49. The van der Waals surface area contributed by atoms with Crippen molar-refractivity contribution in [3.63, 3.8) is 0 Å². The summed E-state index contributed by atoms with van der Waals surface area (Å²) in [4.78, 5) is 12.2. The highest BCUT2D eigenvalue weighted by Crippen LogP contribution is 2.21. The van der Waals surface area contributed by atoms with E-state index in [0.29, 0.717) is 0 Å². The molecule has 0 spiro atoms. The van der Waals surface area contributed by atoms with Crippen LogP contribution < -0.4 is 10.1 Å². The summed E-state index contributed by atoms with van der Waals surface area (Å²) in [7, 11) is 0. The van der Waals surface area contributed by atoms with Gasteiger partial charge in [0, 0.05) is 0 Å². The Morgan fingerprint density at radius 3 is 2.29 bits per heavy atom. The van der Waals surface area contributed by atoms with E-state index in [1.54, 1.807) is 0 Å². The van der Waals surface area contributed by atoms with Crippen molar-refractivity contribution >= 4 is 5.91 Å². The summed E-state index contributed by atoms with van der Waals surface area (Å²) in [5.41, 5.74) is 6.11. The van der Waals surface area contributed by atoms with Gasteiger partial charge in [-0.25, -0.2) is 0 Å². The molecule has 3 nitrogen and oxygen atoms in total. The molecule has 0 saturated heterocycles. The predicted molar refractivity (Wildman–Crippen MR) is 98.5 cm³/mol. The molecule has 0 aliphatic rings. The summed E-state index contributed by atoms with van der Waals surface area (Å²) in [6.07, 6.45) is 0.994. The van der Waals surface area contributed by atoms with Crippen molar-refractivity contribution in [3.05, 3.63) is 64.2 Å². The van der Waals surface area contributed by atoms with Crippen LogP contribution in [0.3, 0.4) is 0 Å². The largest absolute Gasteiger partial charge is 0.484 e. The third-order valence-electron chi connectivity index (χ3n) is 4.43. The lowest BCUT2D eigenvalue weighted by Gasteiger charge is -2.18. The number of amides is 1. The molecule has 2 aromatic carbocycles. The quantitative estimate of drug-likeness (QED) is 0.853. The van der Waals surface area contributed by atoms with Crippen LogP contribution in [0.4, 0.5) is 0 Å². The topological polar surface area (TPSA) is 38.3 Å². The number of carbonyl (C=O) groups is 1. The molecule has 24 heavy (non-hydrogen) atoms. The molecule has 0 radical (unpaired) electrons. The average molecular weight is 325 g/mol. The molecule has 0 unspecified atom stereocenters. The second kappa shape index (κ2) is 8.00.